The minimum atomic E-state index is -2.85. The number of benzene rings is 2. The third-order valence-electron chi connectivity index (χ3n) is 2.87. The van der Waals surface area contributed by atoms with E-state index in [1.54, 1.807) is 19.2 Å². The Bertz CT molecular complexity index is 554. The summed E-state index contributed by atoms with van der Waals surface area (Å²) in [7, 11) is 1.59. The maximum atomic E-state index is 13.2. The van der Waals surface area contributed by atoms with Crippen LogP contribution in [0.3, 0.4) is 0 Å². The number of hydrogen-bond donors (Lipinski definition) is 1. The Morgan fingerprint density at radius 2 is 1.78 bits per heavy atom. The van der Waals surface area contributed by atoms with Crippen LogP contribution in [0.2, 0.25) is 0 Å². The second-order valence-corrected chi connectivity index (χ2v) is 4.28. The van der Waals surface area contributed by atoms with Crippen LogP contribution in [0.1, 0.15) is 5.56 Å². The maximum absolute atomic E-state index is 13.2. The minimum Gasteiger partial charge on any atom is -0.497 e. The van der Waals surface area contributed by atoms with Crippen molar-refractivity contribution in [2.75, 3.05) is 13.7 Å². The van der Waals surface area contributed by atoms with Gasteiger partial charge in [-0.05, 0) is 28.5 Å². The quantitative estimate of drug-likeness (QED) is 0.906. The fourth-order valence-electron chi connectivity index (χ4n) is 1.88. The zero-order valence-electron chi connectivity index (χ0n) is 10.1. The van der Waals surface area contributed by atoms with Crippen LogP contribution < -0.4 is 10.5 Å². The molecule has 0 aliphatic heterocycles. The average molecular weight is 251 g/mol. The fraction of sp³-hybridized carbons (Fsp3) is 0.286. The van der Waals surface area contributed by atoms with E-state index in [2.05, 4.69) is 0 Å². The van der Waals surface area contributed by atoms with E-state index in [0.29, 0.717) is 5.56 Å². The first-order valence-electron chi connectivity index (χ1n) is 5.69. The van der Waals surface area contributed by atoms with Gasteiger partial charge in [0.1, 0.15) is 5.75 Å². The summed E-state index contributed by atoms with van der Waals surface area (Å²) in [5, 5.41) is 1.88. The van der Waals surface area contributed by atoms with Gasteiger partial charge in [0.15, 0.2) is 0 Å². The second-order valence-electron chi connectivity index (χ2n) is 4.28. The summed E-state index contributed by atoms with van der Waals surface area (Å²) in [5.41, 5.74) is 5.62. The van der Waals surface area contributed by atoms with Gasteiger partial charge in [0.05, 0.1) is 13.7 Å². The lowest BCUT2D eigenvalue weighted by molar-refractivity contribution is 0.0115. The Morgan fingerprint density at radius 1 is 1.11 bits per heavy atom. The van der Waals surface area contributed by atoms with Crippen LogP contribution in [0.4, 0.5) is 8.78 Å². The highest BCUT2D eigenvalue weighted by molar-refractivity contribution is 5.84. The lowest BCUT2D eigenvalue weighted by Gasteiger charge is -2.14. The Labute approximate surface area is 104 Å². The number of alkyl halides is 2. The van der Waals surface area contributed by atoms with Gasteiger partial charge in [0, 0.05) is 6.42 Å². The van der Waals surface area contributed by atoms with Crippen LogP contribution in [0.15, 0.2) is 36.4 Å². The smallest absolute Gasteiger partial charge is 0.264 e. The van der Waals surface area contributed by atoms with Gasteiger partial charge in [0.25, 0.3) is 5.92 Å². The molecule has 0 unspecified atom stereocenters. The molecule has 0 fully saturated rings. The van der Waals surface area contributed by atoms with Crippen LogP contribution in [-0.2, 0) is 6.42 Å². The lowest BCUT2D eigenvalue weighted by Crippen LogP contribution is -2.30. The summed E-state index contributed by atoms with van der Waals surface area (Å²) >= 11 is 0. The van der Waals surface area contributed by atoms with Crippen molar-refractivity contribution >= 4 is 10.8 Å². The molecule has 2 aromatic carbocycles. The van der Waals surface area contributed by atoms with E-state index in [1.165, 1.54) is 0 Å². The Kier molecular flexibility index (Phi) is 3.48. The van der Waals surface area contributed by atoms with Crippen molar-refractivity contribution in [3.05, 3.63) is 42.0 Å². The Balaban J connectivity index is 2.33. The summed E-state index contributed by atoms with van der Waals surface area (Å²) in [6.45, 7) is -0.631. The summed E-state index contributed by atoms with van der Waals surface area (Å²) in [6.07, 6.45) is -0.328. The molecule has 0 atom stereocenters. The highest BCUT2D eigenvalue weighted by atomic mass is 19.3. The van der Waals surface area contributed by atoms with E-state index in [4.69, 9.17) is 10.5 Å². The SMILES string of the molecule is COc1ccc2cc(CC(F)(F)CN)ccc2c1. The summed E-state index contributed by atoms with van der Waals surface area (Å²) in [5.74, 6) is -2.09. The number of nitrogens with two attached hydrogens (primary N) is 1. The van der Waals surface area contributed by atoms with Crippen LogP contribution in [-0.4, -0.2) is 19.6 Å². The molecule has 0 spiro atoms. The maximum Gasteiger partial charge on any atom is 0.264 e. The zero-order chi connectivity index (χ0) is 13.2. The predicted molar refractivity (Wildman–Crippen MR) is 68.2 cm³/mol. The first-order chi connectivity index (χ1) is 8.54. The van der Waals surface area contributed by atoms with Gasteiger partial charge in [0.2, 0.25) is 0 Å². The molecule has 2 nitrogen and oxygen atoms in total. The van der Waals surface area contributed by atoms with Crippen LogP contribution >= 0.6 is 0 Å². The number of methoxy groups -OCH3 is 1. The van der Waals surface area contributed by atoms with Crippen molar-refractivity contribution < 1.29 is 13.5 Å². The number of halogens is 2. The van der Waals surface area contributed by atoms with Gasteiger partial charge < -0.3 is 10.5 Å². The normalized spacial score (nSPS) is 11.8. The molecular weight excluding hydrogens is 236 g/mol. The molecule has 2 N–H and O–H groups in total. The highest BCUT2D eigenvalue weighted by Gasteiger charge is 2.26. The lowest BCUT2D eigenvalue weighted by atomic mass is 10.0. The minimum absolute atomic E-state index is 0.328. The van der Waals surface area contributed by atoms with Crippen molar-refractivity contribution in [3.63, 3.8) is 0 Å². The second kappa shape index (κ2) is 4.90. The van der Waals surface area contributed by atoms with Gasteiger partial charge in [-0.25, -0.2) is 8.78 Å². The molecule has 2 rings (SSSR count). The summed E-state index contributed by atoms with van der Waals surface area (Å²) in [6, 6.07) is 10.8. The molecule has 0 radical (unpaired) electrons. The predicted octanol–water partition coefficient (Wildman–Crippen LogP) is 2.98. The topological polar surface area (TPSA) is 35.2 Å². The molecule has 96 valence electrons. The van der Waals surface area contributed by atoms with Crippen LogP contribution in [0.25, 0.3) is 10.8 Å². The van der Waals surface area contributed by atoms with Gasteiger partial charge >= 0.3 is 0 Å². The monoisotopic (exact) mass is 251 g/mol. The molecule has 4 heteroatoms. The van der Waals surface area contributed by atoms with E-state index < -0.39 is 12.5 Å². The zero-order valence-corrected chi connectivity index (χ0v) is 10.1. The molecular formula is C14H15F2NO. The van der Waals surface area contributed by atoms with Crippen molar-refractivity contribution in [1.82, 2.24) is 0 Å². The summed E-state index contributed by atoms with van der Waals surface area (Å²) in [4.78, 5) is 0. The molecule has 0 aliphatic rings. The van der Waals surface area contributed by atoms with Crippen molar-refractivity contribution in [1.29, 1.82) is 0 Å². The first-order valence-corrected chi connectivity index (χ1v) is 5.69. The van der Waals surface area contributed by atoms with Gasteiger partial charge in [-0.15, -0.1) is 0 Å². The Morgan fingerprint density at radius 3 is 2.44 bits per heavy atom. The molecule has 2 aromatic rings. The summed E-state index contributed by atoms with van der Waals surface area (Å²) < 4.78 is 31.5. The molecule has 0 aromatic heterocycles. The number of rotatable bonds is 4. The first kappa shape index (κ1) is 12.8. The van der Waals surface area contributed by atoms with E-state index in [9.17, 15) is 8.78 Å². The third-order valence-corrected chi connectivity index (χ3v) is 2.87. The molecule has 0 saturated carbocycles. The van der Waals surface area contributed by atoms with Crippen LogP contribution in [0.5, 0.6) is 5.75 Å². The van der Waals surface area contributed by atoms with Gasteiger partial charge in [-0.2, -0.15) is 0 Å². The van der Waals surface area contributed by atoms with E-state index in [1.807, 2.05) is 24.3 Å². The molecule has 0 heterocycles. The van der Waals surface area contributed by atoms with Crippen molar-refractivity contribution in [2.24, 2.45) is 5.73 Å². The van der Waals surface area contributed by atoms with Crippen molar-refractivity contribution in [2.45, 2.75) is 12.3 Å². The molecule has 0 amide bonds. The third kappa shape index (κ3) is 2.76. The molecule has 0 saturated heterocycles. The molecule has 0 aliphatic carbocycles. The molecule has 0 bridgehead atoms. The molecule has 18 heavy (non-hydrogen) atoms. The standard InChI is InChI=1S/C14H15F2NO/c1-18-13-5-4-11-6-10(2-3-12(11)7-13)8-14(15,16)9-17/h2-7H,8-9,17H2,1H3. The van der Waals surface area contributed by atoms with Gasteiger partial charge in [-0.1, -0.05) is 24.3 Å². The number of ether oxygens (including phenoxy) is 1. The van der Waals surface area contributed by atoms with Crippen molar-refractivity contribution in [3.8, 4) is 5.75 Å². The largest absolute Gasteiger partial charge is 0.497 e. The number of hydrogen-bond acceptors (Lipinski definition) is 2. The van der Waals surface area contributed by atoms with E-state index in [-0.39, 0.29) is 6.42 Å². The number of fused-ring (bicyclic) bond motifs is 1. The van der Waals surface area contributed by atoms with Crippen LogP contribution in [0, 0.1) is 0 Å². The van der Waals surface area contributed by atoms with E-state index >= 15 is 0 Å². The Hall–Kier alpha value is -1.68. The van der Waals surface area contributed by atoms with E-state index in [0.717, 1.165) is 16.5 Å². The fourth-order valence-corrected chi connectivity index (χ4v) is 1.88. The van der Waals surface area contributed by atoms with Gasteiger partial charge in [-0.3, -0.25) is 0 Å². The highest BCUT2D eigenvalue weighted by Crippen LogP contribution is 2.25. The average Bonchev–Trinajstić information content (AvgIpc) is 2.37.